The molecule has 24 heavy (non-hydrogen) atoms. The van der Waals surface area contributed by atoms with Gasteiger partial charge in [-0.2, -0.15) is 0 Å². The number of hydrogen-bond acceptors (Lipinski definition) is 3. The molecule has 126 valence electrons. The topological polar surface area (TPSA) is 66.5 Å². The van der Waals surface area contributed by atoms with Crippen molar-refractivity contribution in [3.05, 3.63) is 35.4 Å². The number of hydrogen-bond donors (Lipinski definition) is 1. The van der Waals surface area contributed by atoms with E-state index in [1.807, 2.05) is 0 Å². The second kappa shape index (κ2) is 8.30. The minimum absolute atomic E-state index is 0.000528. The van der Waals surface area contributed by atoms with Crippen molar-refractivity contribution in [2.24, 2.45) is 5.92 Å². The number of carbonyl (C=O) groups excluding carboxylic acids is 3. The van der Waals surface area contributed by atoms with E-state index in [-0.39, 0.29) is 23.5 Å². The van der Waals surface area contributed by atoms with Gasteiger partial charge >= 0.3 is 0 Å². The maximum Gasteiger partial charge on any atom is 0.223 e. The van der Waals surface area contributed by atoms with Gasteiger partial charge in [0.1, 0.15) is 0 Å². The highest BCUT2D eigenvalue weighted by molar-refractivity contribution is 5.94. The Bertz CT molecular complexity index is 675. The summed E-state index contributed by atoms with van der Waals surface area (Å²) in [7, 11) is 0. The van der Waals surface area contributed by atoms with Crippen molar-refractivity contribution in [1.82, 2.24) is 10.2 Å². The average Bonchev–Trinajstić information content (AvgIpc) is 2.59. The highest BCUT2D eigenvalue weighted by Gasteiger charge is 2.25. The van der Waals surface area contributed by atoms with E-state index in [0.29, 0.717) is 38.0 Å². The van der Waals surface area contributed by atoms with Gasteiger partial charge in [-0.15, -0.1) is 0 Å². The van der Waals surface area contributed by atoms with Crippen LogP contribution in [-0.4, -0.2) is 42.1 Å². The van der Waals surface area contributed by atoms with Crippen LogP contribution < -0.4 is 5.32 Å². The van der Waals surface area contributed by atoms with Crippen molar-refractivity contribution in [2.75, 3.05) is 19.6 Å². The summed E-state index contributed by atoms with van der Waals surface area (Å²) >= 11 is 0. The van der Waals surface area contributed by atoms with E-state index in [4.69, 9.17) is 0 Å². The molecule has 1 saturated heterocycles. The second-order valence-corrected chi connectivity index (χ2v) is 5.93. The Morgan fingerprint density at radius 1 is 1.12 bits per heavy atom. The lowest BCUT2D eigenvalue weighted by atomic mass is 9.96. The average molecular weight is 326 g/mol. The van der Waals surface area contributed by atoms with Crippen molar-refractivity contribution in [2.45, 2.75) is 26.7 Å². The highest BCUT2D eigenvalue weighted by Crippen LogP contribution is 2.17. The molecule has 1 heterocycles. The molecule has 5 nitrogen and oxygen atoms in total. The SMILES string of the molecule is CC(=O)c1ccc(C#CCNC(=O)C2CCN(C(C)=O)CC2)cc1. The van der Waals surface area contributed by atoms with Gasteiger partial charge in [0, 0.05) is 37.1 Å². The monoisotopic (exact) mass is 326 g/mol. The first-order chi connectivity index (χ1) is 11.5. The summed E-state index contributed by atoms with van der Waals surface area (Å²) in [4.78, 5) is 36.3. The number of carbonyl (C=O) groups is 3. The van der Waals surface area contributed by atoms with Crippen LogP contribution in [0.4, 0.5) is 0 Å². The zero-order chi connectivity index (χ0) is 17.5. The minimum Gasteiger partial charge on any atom is -0.345 e. The minimum atomic E-state index is -0.0442. The van der Waals surface area contributed by atoms with Crippen LogP contribution in [0.3, 0.4) is 0 Å². The lowest BCUT2D eigenvalue weighted by Crippen LogP contribution is -2.42. The normalized spacial score (nSPS) is 14.5. The van der Waals surface area contributed by atoms with E-state index >= 15 is 0 Å². The van der Waals surface area contributed by atoms with E-state index in [1.165, 1.54) is 6.92 Å². The molecule has 0 aromatic heterocycles. The summed E-state index contributed by atoms with van der Waals surface area (Å²) in [5.74, 6) is 5.92. The molecule has 0 atom stereocenters. The van der Waals surface area contributed by atoms with Gasteiger partial charge in [0.25, 0.3) is 0 Å². The first-order valence-corrected chi connectivity index (χ1v) is 8.10. The molecular weight excluding hydrogens is 304 g/mol. The maximum absolute atomic E-state index is 12.1. The maximum atomic E-state index is 12.1. The van der Waals surface area contributed by atoms with Crippen molar-refractivity contribution in [3.8, 4) is 11.8 Å². The van der Waals surface area contributed by atoms with Gasteiger partial charge in [0.05, 0.1) is 6.54 Å². The van der Waals surface area contributed by atoms with Crippen molar-refractivity contribution >= 4 is 17.6 Å². The number of rotatable bonds is 3. The van der Waals surface area contributed by atoms with Gasteiger partial charge in [0.2, 0.25) is 11.8 Å². The van der Waals surface area contributed by atoms with Crippen LogP contribution in [-0.2, 0) is 9.59 Å². The van der Waals surface area contributed by atoms with E-state index in [2.05, 4.69) is 17.2 Å². The number of ketones is 1. The summed E-state index contributed by atoms with van der Waals surface area (Å²) in [6, 6.07) is 7.08. The van der Waals surface area contributed by atoms with E-state index in [0.717, 1.165) is 5.56 Å². The molecule has 1 aromatic rings. The fourth-order valence-corrected chi connectivity index (χ4v) is 2.67. The lowest BCUT2D eigenvalue weighted by molar-refractivity contribution is -0.133. The summed E-state index contributed by atoms with van der Waals surface area (Å²) in [6.45, 7) is 4.65. The van der Waals surface area contributed by atoms with Crippen molar-refractivity contribution < 1.29 is 14.4 Å². The van der Waals surface area contributed by atoms with Crippen molar-refractivity contribution in [3.63, 3.8) is 0 Å². The number of Topliss-reactive ketones (excluding diaryl/α,β-unsaturated/α-hetero) is 1. The fraction of sp³-hybridized carbons (Fsp3) is 0.421. The standard InChI is InChI=1S/C19H22N2O3/c1-14(22)17-7-5-16(6-8-17)4-3-11-20-19(24)18-9-12-21(13-10-18)15(2)23/h5-8,18H,9-13H2,1-2H3,(H,20,24). The Morgan fingerprint density at radius 2 is 1.75 bits per heavy atom. The molecule has 1 N–H and O–H groups in total. The summed E-state index contributed by atoms with van der Waals surface area (Å²) in [5, 5.41) is 2.83. The quantitative estimate of drug-likeness (QED) is 0.678. The second-order valence-electron chi connectivity index (χ2n) is 5.93. The molecule has 1 aliphatic rings. The third-order valence-electron chi connectivity index (χ3n) is 4.19. The smallest absolute Gasteiger partial charge is 0.223 e. The van der Waals surface area contributed by atoms with Crippen LogP contribution in [0.2, 0.25) is 0 Å². The van der Waals surface area contributed by atoms with Gasteiger partial charge in [-0.25, -0.2) is 0 Å². The molecule has 0 bridgehead atoms. The van der Waals surface area contributed by atoms with E-state index < -0.39 is 0 Å². The van der Waals surface area contributed by atoms with Crippen LogP contribution in [0.25, 0.3) is 0 Å². The molecule has 2 rings (SSSR count). The Labute approximate surface area is 142 Å². The molecule has 0 saturated carbocycles. The molecule has 1 aromatic carbocycles. The van der Waals surface area contributed by atoms with Gasteiger partial charge in [-0.3, -0.25) is 14.4 Å². The third-order valence-corrected chi connectivity index (χ3v) is 4.19. The summed E-state index contributed by atoms with van der Waals surface area (Å²) in [6.07, 6.45) is 1.40. The van der Waals surface area contributed by atoms with Crippen LogP contribution in [0.15, 0.2) is 24.3 Å². The predicted octanol–water partition coefficient (Wildman–Crippen LogP) is 1.62. The Morgan fingerprint density at radius 3 is 2.29 bits per heavy atom. The number of benzene rings is 1. The summed E-state index contributed by atoms with van der Waals surface area (Å²) < 4.78 is 0. The van der Waals surface area contributed by atoms with Crippen LogP contribution in [0.5, 0.6) is 0 Å². The van der Waals surface area contributed by atoms with E-state index in [9.17, 15) is 14.4 Å². The zero-order valence-corrected chi connectivity index (χ0v) is 14.1. The van der Waals surface area contributed by atoms with Gasteiger partial charge in [-0.1, -0.05) is 24.0 Å². The predicted molar refractivity (Wildman–Crippen MR) is 91.3 cm³/mol. The van der Waals surface area contributed by atoms with Crippen molar-refractivity contribution in [1.29, 1.82) is 0 Å². The van der Waals surface area contributed by atoms with Gasteiger partial charge < -0.3 is 10.2 Å². The van der Waals surface area contributed by atoms with Gasteiger partial charge in [0.15, 0.2) is 5.78 Å². The largest absolute Gasteiger partial charge is 0.345 e. The molecule has 0 unspecified atom stereocenters. The Kier molecular flexibility index (Phi) is 6.14. The number of amides is 2. The number of likely N-dealkylation sites (tertiary alicyclic amines) is 1. The van der Waals surface area contributed by atoms with E-state index in [1.54, 1.807) is 36.1 Å². The summed E-state index contributed by atoms with van der Waals surface area (Å²) in [5.41, 5.74) is 1.47. The Balaban J connectivity index is 1.77. The molecule has 0 aliphatic carbocycles. The first kappa shape index (κ1) is 17.7. The highest BCUT2D eigenvalue weighted by atomic mass is 16.2. The number of nitrogens with zero attached hydrogens (tertiary/aromatic N) is 1. The zero-order valence-electron chi connectivity index (χ0n) is 14.1. The number of nitrogens with one attached hydrogen (secondary N) is 1. The molecule has 1 fully saturated rings. The van der Waals surface area contributed by atoms with Gasteiger partial charge in [-0.05, 0) is 31.9 Å². The Hall–Kier alpha value is -2.61. The van der Waals surface area contributed by atoms with Crippen LogP contribution in [0.1, 0.15) is 42.6 Å². The molecule has 2 amide bonds. The molecular formula is C19H22N2O3. The molecule has 0 spiro atoms. The van der Waals surface area contributed by atoms with Crippen LogP contribution in [0, 0.1) is 17.8 Å². The molecule has 1 aliphatic heterocycles. The third kappa shape index (κ3) is 4.95. The van der Waals surface area contributed by atoms with Crippen LogP contribution >= 0.6 is 0 Å². The first-order valence-electron chi connectivity index (χ1n) is 8.10. The molecule has 5 heteroatoms. The molecule has 0 radical (unpaired) electrons. The number of piperidine rings is 1. The fourth-order valence-electron chi connectivity index (χ4n) is 2.67. The lowest BCUT2D eigenvalue weighted by Gasteiger charge is -2.30.